The standard InChI is InChI=1S/C34H40N4O2.C34H36N4O2.C30H28N4O2/c2*1-8-11-25-21(6)30-16-32-24(10-3)20(5)29(36-32)15-31-23(9-2)19(4)27(35-31)14-28-22(7)26(12-13-40-18-39)34(37-28)17-33(25)38-30;1-4-7-21-12-25-14-23-10-19(5-2)27(31-23)16-28-20(6-3)11-24(32-28)15-26-13-22(8-9-36-18-35)30(34-26)17-29(21)33-25/h14-18,35-36H,8-13H2,1-7H3;9-10,14-18,35-36H,2-3,8,11-13H2,1,4-7H3;5-6,10-18,31-32H,2-4,7-9H2,1H3. The number of allylic oxidation sites excluding steroid dienone is 7. The van der Waals surface area contributed by atoms with Crippen molar-refractivity contribution in [1.82, 2.24) is 59.8 Å². The lowest BCUT2D eigenvalue weighted by atomic mass is 9.99. The van der Waals surface area contributed by atoms with Gasteiger partial charge in [-0.25, -0.2) is 29.9 Å². The van der Waals surface area contributed by atoms with Crippen LogP contribution in [0.3, 0.4) is 0 Å². The molecule has 9 aromatic rings. The SMILES string of the molecule is C=Cc1c(C)c2cc3[nH]c(cc4nc(cc5nc(cc1[nH]2)C(C)=C5CCC)C(CCOC=O)=C4C)c(C)c3C=C.C=Cc1cc2cc3nc(cc4nc(cc5cc(C=C)c(cc1[nH]2)[nH]5)C=C4CCOC=O)C(CCC)=C3.CCCC1=C(C)c2cc3[nH]c(cc4[nH]c(cc5nc(cc1n2)C(CCOC=O)=C5C)c(C)c4CC)c(C)c3CC. The lowest BCUT2D eigenvalue weighted by Crippen LogP contribution is -1.94. The predicted octanol–water partition coefficient (Wildman–Crippen LogP) is 23.8. The molecule has 0 unspecified atom stereocenters. The summed E-state index contributed by atoms with van der Waals surface area (Å²) in [6.45, 7) is 46.7. The van der Waals surface area contributed by atoms with Crippen LogP contribution in [0.25, 0.3) is 158 Å². The zero-order chi connectivity index (χ0) is 82.2. The molecule has 15 rings (SSSR count). The van der Waals surface area contributed by atoms with Crippen LogP contribution in [0.4, 0.5) is 0 Å². The lowest BCUT2D eigenvalue weighted by molar-refractivity contribution is -0.129. The number of carbonyl (C=O) groups is 3. The first-order valence-electron chi connectivity index (χ1n) is 40.4. The van der Waals surface area contributed by atoms with Gasteiger partial charge >= 0.3 is 0 Å². The van der Waals surface area contributed by atoms with E-state index in [1.54, 1.807) is 0 Å². The van der Waals surface area contributed by atoms with Crippen LogP contribution in [0, 0.1) is 27.7 Å². The van der Waals surface area contributed by atoms with Crippen LogP contribution < -0.4 is 0 Å². The normalized spacial score (nSPS) is 13.0. The second kappa shape index (κ2) is 35.7. The molecule has 0 fully saturated rings. The third-order valence-electron chi connectivity index (χ3n) is 22.9. The van der Waals surface area contributed by atoms with Crippen LogP contribution in [0.15, 0.2) is 111 Å². The number of aromatic nitrogens is 12. The van der Waals surface area contributed by atoms with Crippen molar-refractivity contribution in [3.63, 3.8) is 0 Å². The molecule has 6 aliphatic heterocycles. The summed E-state index contributed by atoms with van der Waals surface area (Å²) < 4.78 is 15.1. The lowest BCUT2D eigenvalue weighted by Gasteiger charge is -2.05. The molecule has 0 saturated heterocycles. The summed E-state index contributed by atoms with van der Waals surface area (Å²) in [4.78, 5) is 84.4. The fourth-order valence-electron chi connectivity index (χ4n) is 16.6. The molecule has 18 nitrogen and oxygen atoms in total. The van der Waals surface area contributed by atoms with Crippen molar-refractivity contribution < 1.29 is 28.6 Å². The smallest absolute Gasteiger partial charge is 0.293 e. The first-order chi connectivity index (χ1) is 56.2. The fraction of sp³-hybridized carbons (Fsp3) is 0.276. The Balaban J connectivity index is 0.000000152. The van der Waals surface area contributed by atoms with Gasteiger partial charge in [-0.05, 0) is 285 Å². The van der Waals surface area contributed by atoms with E-state index in [1.807, 2.05) is 42.5 Å². The van der Waals surface area contributed by atoms with Crippen molar-refractivity contribution in [1.29, 1.82) is 0 Å². The Bertz CT molecular complexity index is 6270. The maximum Gasteiger partial charge on any atom is 0.293 e. The summed E-state index contributed by atoms with van der Waals surface area (Å²) in [5.74, 6) is 0. The maximum atomic E-state index is 10.9. The molecule has 0 radical (unpaired) electrons. The average Bonchev–Trinajstić information content (AvgIpc) is 1.62. The monoisotopic (exact) mass is 1540 g/mol. The van der Waals surface area contributed by atoms with Crippen LogP contribution in [-0.4, -0.2) is 99.0 Å². The largest absolute Gasteiger partial charge is 0.468 e. The van der Waals surface area contributed by atoms with E-state index in [2.05, 4.69) is 225 Å². The Morgan fingerprint density at radius 3 is 1.04 bits per heavy atom. The fourth-order valence-corrected chi connectivity index (χ4v) is 16.6. The summed E-state index contributed by atoms with van der Waals surface area (Å²) in [7, 11) is 0. The number of aromatic amines is 6. The average molecular weight is 1550 g/mol. The van der Waals surface area contributed by atoms with Crippen LogP contribution >= 0.6 is 0 Å². The molecule has 24 bridgehead atoms. The summed E-state index contributed by atoms with van der Waals surface area (Å²) in [5, 5.41) is 0. The molecule has 6 aliphatic rings. The van der Waals surface area contributed by atoms with Gasteiger partial charge < -0.3 is 44.1 Å². The summed E-state index contributed by atoms with van der Waals surface area (Å²) >= 11 is 0. The van der Waals surface area contributed by atoms with Crippen LogP contribution in [0.5, 0.6) is 0 Å². The van der Waals surface area contributed by atoms with Gasteiger partial charge in [0, 0.05) is 96.6 Å². The molecule has 0 atom stereocenters. The Kier molecular flexibility index (Phi) is 25.0. The molecule has 9 aromatic heterocycles. The number of aryl methyl sites for hydroxylation is 6. The molecule has 592 valence electrons. The number of fused-ring (bicyclic) bond motifs is 24. The third-order valence-corrected chi connectivity index (χ3v) is 22.9. The summed E-state index contributed by atoms with van der Waals surface area (Å²) in [6.07, 6.45) is 21.2. The number of H-pyrrole nitrogens is 6. The highest BCUT2D eigenvalue weighted by atomic mass is 16.5. The van der Waals surface area contributed by atoms with Gasteiger partial charge in [-0.1, -0.05) is 105 Å². The summed E-state index contributed by atoms with van der Waals surface area (Å²) in [5.41, 5.74) is 45.9. The molecule has 0 saturated carbocycles. The number of carbonyl (C=O) groups excluding carboxylic acids is 3. The molecule has 116 heavy (non-hydrogen) atoms. The Morgan fingerprint density at radius 2 is 0.638 bits per heavy atom. The van der Waals surface area contributed by atoms with Crippen molar-refractivity contribution in [2.75, 3.05) is 19.8 Å². The zero-order valence-electron chi connectivity index (χ0n) is 69.1. The van der Waals surface area contributed by atoms with E-state index in [0.29, 0.717) is 58.5 Å². The Morgan fingerprint density at radius 1 is 0.310 bits per heavy atom. The van der Waals surface area contributed by atoms with Crippen molar-refractivity contribution >= 4 is 178 Å². The van der Waals surface area contributed by atoms with E-state index in [0.717, 1.165) is 247 Å². The highest BCUT2D eigenvalue weighted by Crippen LogP contribution is 2.42. The van der Waals surface area contributed by atoms with Gasteiger partial charge in [0.2, 0.25) is 0 Å². The molecule has 0 amide bonds. The van der Waals surface area contributed by atoms with E-state index >= 15 is 0 Å². The van der Waals surface area contributed by atoms with E-state index < -0.39 is 0 Å². The number of rotatable bonds is 24. The minimum Gasteiger partial charge on any atom is -0.468 e. The second-order valence-corrected chi connectivity index (χ2v) is 30.1. The zero-order valence-corrected chi connectivity index (χ0v) is 69.1. The maximum absolute atomic E-state index is 10.9. The highest BCUT2D eigenvalue weighted by Gasteiger charge is 2.26. The number of hydrogen-bond donors (Lipinski definition) is 6. The van der Waals surface area contributed by atoms with Crippen molar-refractivity contribution in [3.05, 3.63) is 235 Å². The first kappa shape index (κ1) is 81.2. The minimum atomic E-state index is 0.296. The van der Waals surface area contributed by atoms with Crippen molar-refractivity contribution in [2.24, 2.45) is 0 Å². The van der Waals surface area contributed by atoms with Gasteiger partial charge in [0.05, 0.1) is 88.1 Å². The summed E-state index contributed by atoms with van der Waals surface area (Å²) in [6, 6.07) is 29.5. The number of nitrogens with zero attached hydrogens (tertiary/aromatic N) is 6. The van der Waals surface area contributed by atoms with Gasteiger partial charge in [-0.3, -0.25) is 14.4 Å². The number of hydrogen-bond acceptors (Lipinski definition) is 12. The predicted molar refractivity (Wildman–Crippen MR) is 481 cm³/mol. The molecule has 0 aliphatic carbocycles. The molecule has 18 heteroatoms. The van der Waals surface area contributed by atoms with Crippen LogP contribution in [-0.2, 0) is 41.4 Å². The van der Waals surface area contributed by atoms with Crippen LogP contribution in [0.1, 0.15) is 244 Å². The Labute approximate surface area is 678 Å². The van der Waals surface area contributed by atoms with E-state index in [1.165, 1.54) is 50.1 Å². The minimum absolute atomic E-state index is 0.296. The molecule has 6 N–H and O–H groups in total. The Hall–Kier alpha value is -12.8. The molecule has 15 heterocycles. The molecular weight excluding hydrogens is 1440 g/mol. The number of nitrogens with one attached hydrogen (secondary N) is 6. The van der Waals surface area contributed by atoms with Gasteiger partial charge in [0.15, 0.2) is 0 Å². The first-order valence-corrected chi connectivity index (χ1v) is 40.4. The van der Waals surface area contributed by atoms with Crippen LogP contribution in [0.2, 0.25) is 0 Å². The topological polar surface area (TPSA) is 251 Å². The quantitative estimate of drug-likeness (QED) is 0.0188. The van der Waals surface area contributed by atoms with Crippen molar-refractivity contribution in [2.45, 2.75) is 161 Å². The van der Waals surface area contributed by atoms with E-state index in [9.17, 15) is 14.4 Å². The van der Waals surface area contributed by atoms with Gasteiger partial charge in [-0.15, -0.1) is 0 Å². The third kappa shape index (κ3) is 16.6. The van der Waals surface area contributed by atoms with Gasteiger partial charge in [0.1, 0.15) is 0 Å². The molecular formula is C98H104N12O6. The van der Waals surface area contributed by atoms with Gasteiger partial charge in [0.25, 0.3) is 19.4 Å². The van der Waals surface area contributed by atoms with Crippen molar-refractivity contribution in [3.8, 4) is 0 Å². The highest BCUT2D eigenvalue weighted by molar-refractivity contribution is 5.99. The van der Waals surface area contributed by atoms with Gasteiger partial charge in [-0.2, -0.15) is 0 Å². The number of ether oxygens (including phenoxy) is 3. The second-order valence-electron chi connectivity index (χ2n) is 30.1. The molecule has 0 aromatic carbocycles. The van der Waals surface area contributed by atoms with E-state index in [-0.39, 0.29) is 0 Å². The van der Waals surface area contributed by atoms with E-state index in [4.69, 9.17) is 44.1 Å². The molecule has 0 spiro atoms.